The van der Waals surface area contributed by atoms with Crippen LogP contribution in [0, 0.1) is 6.92 Å². The van der Waals surface area contributed by atoms with Gasteiger partial charge in [0, 0.05) is 45.2 Å². The molecule has 168 valence electrons. The van der Waals surface area contributed by atoms with Crippen LogP contribution in [0.2, 0.25) is 0 Å². The molecule has 0 saturated carbocycles. The maximum atomic E-state index is 13.4. The smallest absolute Gasteiger partial charge is 0.317 e. The average Bonchev–Trinajstić information content (AvgIpc) is 3.25. The van der Waals surface area contributed by atoms with Gasteiger partial charge in [0.2, 0.25) is 5.91 Å². The summed E-state index contributed by atoms with van der Waals surface area (Å²) >= 11 is 0. The molecule has 7 nitrogen and oxygen atoms in total. The number of nitrogens with zero attached hydrogens (tertiary/aromatic N) is 3. The van der Waals surface area contributed by atoms with Crippen LogP contribution in [0.5, 0.6) is 0 Å². The number of hydrogen-bond donors (Lipinski definition) is 1. The number of hydrogen-bond acceptors (Lipinski definition) is 3. The number of rotatable bonds is 9. The van der Waals surface area contributed by atoms with Gasteiger partial charge < -0.3 is 24.4 Å². The largest absolute Gasteiger partial charge is 0.383 e. The molecular formula is C24H34N4O3. The Bertz CT molecular complexity index is 862. The Morgan fingerprint density at radius 1 is 1.19 bits per heavy atom. The highest BCUT2D eigenvalue weighted by Gasteiger charge is 2.33. The number of aromatic nitrogens is 1. The lowest BCUT2D eigenvalue weighted by atomic mass is 9.98. The van der Waals surface area contributed by atoms with Crippen LogP contribution in [0.4, 0.5) is 4.79 Å². The van der Waals surface area contributed by atoms with Crippen LogP contribution in [-0.2, 0) is 16.1 Å². The number of fused-ring (bicyclic) bond motifs is 1. The van der Waals surface area contributed by atoms with Gasteiger partial charge in [0.25, 0.3) is 0 Å². The number of urea groups is 1. The highest BCUT2D eigenvalue weighted by Crippen LogP contribution is 2.32. The topological polar surface area (TPSA) is 66.8 Å². The molecule has 1 atom stereocenters. The number of carbonyl (C=O) groups excluding carboxylic acids is 2. The zero-order valence-corrected chi connectivity index (χ0v) is 18.8. The Morgan fingerprint density at radius 3 is 2.68 bits per heavy atom. The van der Waals surface area contributed by atoms with Crippen LogP contribution >= 0.6 is 0 Å². The van der Waals surface area contributed by atoms with E-state index in [2.05, 4.69) is 60.3 Å². The number of aryl methyl sites for hydroxylation is 1. The van der Waals surface area contributed by atoms with Gasteiger partial charge >= 0.3 is 6.03 Å². The molecule has 0 fully saturated rings. The Morgan fingerprint density at radius 2 is 1.97 bits per heavy atom. The van der Waals surface area contributed by atoms with Crippen molar-refractivity contribution in [1.82, 2.24) is 19.7 Å². The van der Waals surface area contributed by atoms with E-state index < -0.39 is 0 Å². The molecule has 1 aliphatic rings. The van der Waals surface area contributed by atoms with Gasteiger partial charge in [0.15, 0.2) is 0 Å². The third-order valence-electron chi connectivity index (χ3n) is 5.74. The predicted molar refractivity (Wildman–Crippen MR) is 121 cm³/mol. The van der Waals surface area contributed by atoms with E-state index >= 15 is 0 Å². The van der Waals surface area contributed by atoms with Crippen LogP contribution in [-0.4, -0.2) is 66.2 Å². The number of amides is 3. The molecule has 3 amide bonds. The van der Waals surface area contributed by atoms with Gasteiger partial charge in [-0.05, 0) is 31.0 Å². The highest BCUT2D eigenvalue weighted by molar-refractivity contribution is 5.84. The van der Waals surface area contributed by atoms with Crippen molar-refractivity contribution in [3.63, 3.8) is 0 Å². The fourth-order valence-corrected chi connectivity index (χ4v) is 3.94. The molecule has 1 aromatic carbocycles. The van der Waals surface area contributed by atoms with Crippen LogP contribution in [0.3, 0.4) is 0 Å². The molecule has 1 aliphatic heterocycles. The maximum Gasteiger partial charge on any atom is 0.317 e. The first-order chi connectivity index (χ1) is 15.0. The van der Waals surface area contributed by atoms with Gasteiger partial charge in [0.1, 0.15) is 6.54 Å². The lowest BCUT2D eigenvalue weighted by Crippen LogP contribution is -2.50. The first-order valence-electron chi connectivity index (χ1n) is 11.1. The summed E-state index contributed by atoms with van der Waals surface area (Å²) in [4.78, 5) is 29.6. The summed E-state index contributed by atoms with van der Waals surface area (Å²) in [6.07, 6.45) is 3.98. The van der Waals surface area contributed by atoms with Crippen molar-refractivity contribution in [3.8, 4) is 0 Å². The van der Waals surface area contributed by atoms with Crippen molar-refractivity contribution in [2.75, 3.05) is 39.9 Å². The lowest BCUT2D eigenvalue weighted by molar-refractivity contribution is -0.134. The van der Waals surface area contributed by atoms with E-state index in [0.29, 0.717) is 26.2 Å². The number of nitrogens with one attached hydrogen (secondary N) is 1. The molecule has 2 heterocycles. The number of carbonyl (C=O) groups is 2. The SMILES string of the molecule is CCCCNC(=O)N(CCOC)CC(=O)N1CCn2cccc2C1c1ccc(C)cc1. The van der Waals surface area contributed by atoms with Crippen LogP contribution in [0.15, 0.2) is 42.6 Å². The summed E-state index contributed by atoms with van der Waals surface area (Å²) < 4.78 is 7.37. The molecule has 0 saturated heterocycles. The quantitative estimate of drug-likeness (QED) is 0.626. The molecule has 31 heavy (non-hydrogen) atoms. The molecular weight excluding hydrogens is 392 g/mol. The van der Waals surface area contributed by atoms with Gasteiger partial charge in [-0.25, -0.2) is 4.79 Å². The Kier molecular flexibility index (Phi) is 8.12. The van der Waals surface area contributed by atoms with Crippen LogP contribution in [0.1, 0.15) is 42.6 Å². The van der Waals surface area contributed by atoms with Gasteiger partial charge in [-0.15, -0.1) is 0 Å². The van der Waals surface area contributed by atoms with E-state index in [0.717, 1.165) is 30.6 Å². The van der Waals surface area contributed by atoms with Crippen molar-refractivity contribution in [1.29, 1.82) is 0 Å². The molecule has 1 unspecified atom stereocenters. The Labute approximate surface area is 185 Å². The van der Waals surface area contributed by atoms with Crippen molar-refractivity contribution in [2.45, 2.75) is 39.3 Å². The van der Waals surface area contributed by atoms with Crippen molar-refractivity contribution >= 4 is 11.9 Å². The van der Waals surface area contributed by atoms with Crippen molar-refractivity contribution in [3.05, 3.63) is 59.4 Å². The summed E-state index contributed by atoms with van der Waals surface area (Å²) in [6.45, 7) is 6.89. The molecule has 1 aromatic heterocycles. The Balaban J connectivity index is 1.79. The van der Waals surface area contributed by atoms with Crippen molar-refractivity contribution in [2.24, 2.45) is 0 Å². The molecule has 0 bridgehead atoms. The Hall–Kier alpha value is -2.80. The maximum absolute atomic E-state index is 13.4. The first-order valence-corrected chi connectivity index (χ1v) is 11.1. The lowest BCUT2D eigenvalue weighted by Gasteiger charge is -2.38. The number of unbranched alkanes of at least 4 members (excludes halogenated alkanes) is 1. The van der Waals surface area contributed by atoms with Crippen LogP contribution in [0.25, 0.3) is 0 Å². The monoisotopic (exact) mass is 426 g/mol. The minimum absolute atomic E-state index is 0.0321. The molecule has 0 spiro atoms. The third kappa shape index (κ3) is 5.67. The van der Waals surface area contributed by atoms with E-state index in [4.69, 9.17) is 4.74 Å². The summed E-state index contributed by atoms with van der Waals surface area (Å²) in [5.41, 5.74) is 3.36. The van der Waals surface area contributed by atoms with Gasteiger partial charge in [-0.1, -0.05) is 43.2 Å². The second-order valence-electron chi connectivity index (χ2n) is 8.03. The highest BCUT2D eigenvalue weighted by atomic mass is 16.5. The molecule has 3 rings (SSSR count). The van der Waals surface area contributed by atoms with E-state index in [9.17, 15) is 9.59 Å². The van der Waals surface area contributed by atoms with E-state index in [1.165, 1.54) is 5.56 Å². The molecule has 7 heteroatoms. The van der Waals surface area contributed by atoms with Gasteiger partial charge in [-0.2, -0.15) is 0 Å². The zero-order valence-electron chi connectivity index (χ0n) is 18.8. The van der Waals surface area contributed by atoms with Gasteiger partial charge in [0.05, 0.1) is 12.6 Å². The van der Waals surface area contributed by atoms with E-state index in [1.807, 2.05) is 11.0 Å². The summed E-state index contributed by atoms with van der Waals surface area (Å²) in [7, 11) is 1.60. The number of methoxy groups -OCH3 is 1. The summed E-state index contributed by atoms with van der Waals surface area (Å²) in [6, 6.07) is 12.0. The van der Waals surface area contributed by atoms with Crippen LogP contribution < -0.4 is 5.32 Å². The second-order valence-corrected chi connectivity index (χ2v) is 8.03. The third-order valence-corrected chi connectivity index (χ3v) is 5.74. The normalized spacial score (nSPS) is 15.5. The standard InChI is InChI=1S/C24H34N4O3/c1-4-5-12-25-24(30)27(16-17-31-3)18-22(29)28-15-14-26-13-6-7-21(26)23(28)20-10-8-19(2)9-11-20/h6-11,13,23H,4-5,12,14-18H2,1-3H3,(H,25,30). The fraction of sp³-hybridized carbons (Fsp3) is 0.500. The van der Waals surface area contributed by atoms with E-state index in [1.54, 1.807) is 12.0 Å². The second kappa shape index (κ2) is 11.0. The fourth-order valence-electron chi connectivity index (χ4n) is 3.94. The minimum Gasteiger partial charge on any atom is -0.383 e. The molecule has 2 aromatic rings. The van der Waals surface area contributed by atoms with E-state index in [-0.39, 0.29) is 24.5 Å². The predicted octanol–water partition coefficient (Wildman–Crippen LogP) is 3.19. The molecule has 0 radical (unpaired) electrons. The zero-order chi connectivity index (χ0) is 22.2. The average molecular weight is 427 g/mol. The summed E-state index contributed by atoms with van der Waals surface area (Å²) in [5.74, 6) is -0.0558. The van der Waals surface area contributed by atoms with Crippen molar-refractivity contribution < 1.29 is 14.3 Å². The molecule has 0 aliphatic carbocycles. The van der Waals surface area contributed by atoms with Gasteiger partial charge in [-0.3, -0.25) is 4.79 Å². The molecule has 1 N–H and O–H groups in total. The number of ether oxygens (including phenoxy) is 1. The summed E-state index contributed by atoms with van der Waals surface area (Å²) in [5, 5.41) is 2.92. The first kappa shape index (κ1) is 22.9. The number of benzene rings is 1. The minimum atomic E-state index is -0.217.